The van der Waals surface area contributed by atoms with E-state index in [9.17, 15) is 10.2 Å². The molecule has 0 amide bonds. The normalized spacial score (nSPS) is 18.2. The minimum Gasteiger partial charge on any atom is -0.380 e. The van der Waals surface area contributed by atoms with Crippen LogP contribution in [0.2, 0.25) is 0 Å². The van der Waals surface area contributed by atoms with Gasteiger partial charge in [0.1, 0.15) is 5.60 Å². The van der Waals surface area contributed by atoms with Gasteiger partial charge in [-0.05, 0) is 49.1 Å². The van der Waals surface area contributed by atoms with E-state index in [-0.39, 0.29) is 0 Å². The number of aromatic nitrogens is 2. The lowest BCUT2D eigenvalue weighted by Gasteiger charge is -2.52. The molecule has 3 N–H and O–H groups in total. The van der Waals surface area contributed by atoms with E-state index in [1.807, 2.05) is 37.3 Å². The molecule has 176 valence electrons. The number of aliphatic hydroxyl groups is 2. The maximum Gasteiger partial charge on any atom is 0.165 e. The molecule has 3 heterocycles. The molecule has 0 aliphatic carbocycles. The summed E-state index contributed by atoms with van der Waals surface area (Å²) in [6, 6.07) is 15.6. The van der Waals surface area contributed by atoms with Crippen LogP contribution in [0.5, 0.6) is 0 Å². The Hall–Kier alpha value is -3.04. The highest BCUT2D eigenvalue weighted by molar-refractivity contribution is 5.45. The Kier molecular flexibility index (Phi) is 6.35. The molecule has 0 radical (unpaired) electrons. The van der Waals surface area contributed by atoms with Crippen molar-refractivity contribution >= 4 is 0 Å². The highest BCUT2D eigenvalue weighted by Crippen LogP contribution is 2.47. The zero-order chi connectivity index (χ0) is 24.6. The third-order valence-electron chi connectivity index (χ3n) is 6.89. The SMILES string of the molecule is Cc1cccc([C@](C)(O)C#Cc2cncc([C@@](O)(c3ccc(C(C)C)cc3)C3(C)CNC3)c2)n1. The fourth-order valence-corrected chi connectivity index (χ4v) is 4.51. The molecule has 2 atom stereocenters. The van der Waals surface area contributed by atoms with Crippen LogP contribution in [0.1, 0.15) is 67.3 Å². The summed E-state index contributed by atoms with van der Waals surface area (Å²) in [5.41, 5.74) is 1.66. The average Bonchev–Trinajstić information content (AvgIpc) is 2.81. The molecule has 0 spiro atoms. The lowest BCUT2D eigenvalue weighted by molar-refractivity contribution is -0.0769. The maximum absolute atomic E-state index is 12.2. The van der Waals surface area contributed by atoms with Crippen molar-refractivity contribution in [2.45, 2.75) is 51.7 Å². The first-order valence-electron chi connectivity index (χ1n) is 11.7. The second-order valence-corrected chi connectivity index (χ2v) is 10.1. The van der Waals surface area contributed by atoms with Crippen LogP contribution in [0.25, 0.3) is 0 Å². The van der Waals surface area contributed by atoms with Gasteiger partial charge in [0.05, 0.1) is 5.69 Å². The molecule has 5 heteroatoms. The summed E-state index contributed by atoms with van der Waals surface area (Å²) in [6.45, 7) is 11.3. The van der Waals surface area contributed by atoms with Gasteiger partial charge in [-0.2, -0.15) is 0 Å². The van der Waals surface area contributed by atoms with E-state index in [0.29, 0.717) is 35.8 Å². The molecule has 34 heavy (non-hydrogen) atoms. The summed E-state index contributed by atoms with van der Waals surface area (Å²) in [5.74, 6) is 6.40. The van der Waals surface area contributed by atoms with E-state index in [1.54, 1.807) is 25.4 Å². The summed E-state index contributed by atoms with van der Waals surface area (Å²) >= 11 is 0. The molecule has 1 aliphatic rings. The fraction of sp³-hybridized carbons (Fsp3) is 0.379. The van der Waals surface area contributed by atoms with E-state index < -0.39 is 16.6 Å². The number of hydrogen-bond donors (Lipinski definition) is 3. The molecule has 2 aromatic heterocycles. The van der Waals surface area contributed by atoms with E-state index in [2.05, 4.69) is 60.0 Å². The van der Waals surface area contributed by atoms with Crippen molar-refractivity contribution in [1.29, 1.82) is 0 Å². The fourth-order valence-electron chi connectivity index (χ4n) is 4.51. The average molecular weight is 456 g/mol. The van der Waals surface area contributed by atoms with Gasteiger partial charge in [-0.15, -0.1) is 0 Å². The van der Waals surface area contributed by atoms with Crippen molar-refractivity contribution < 1.29 is 10.2 Å². The Morgan fingerprint density at radius 1 is 1.03 bits per heavy atom. The summed E-state index contributed by atoms with van der Waals surface area (Å²) < 4.78 is 0. The lowest BCUT2D eigenvalue weighted by Crippen LogP contribution is -2.63. The first kappa shape index (κ1) is 24.1. The molecule has 1 saturated heterocycles. The van der Waals surface area contributed by atoms with Crippen molar-refractivity contribution in [3.63, 3.8) is 0 Å². The van der Waals surface area contributed by atoms with E-state index in [0.717, 1.165) is 11.3 Å². The molecule has 5 nitrogen and oxygen atoms in total. The van der Waals surface area contributed by atoms with E-state index in [1.165, 1.54) is 5.56 Å². The molecule has 0 saturated carbocycles. The van der Waals surface area contributed by atoms with Crippen LogP contribution >= 0.6 is 0 Å². The van der Waals surface area contributed by atoms with Crippen molar-refractivity contribution in [2.24, 2.45) is 5.41 Å². The van der Waals surface area contributed by atoms with Gasteiger partial charge in [-0.1, -0.05) is 62.9 Å². The minimum absolute atomic E-state index is 0.392. The zero-order valence-corrected chi connectivity index (χ0v) is 20.6. The number of aryl methyl sites for hydroxylation is 1. The third-order valence-corrected chi connectivity index (χ3v) is 6.89. The summed E-state index contributed by atoms with van der Waals surface area (Å²) in [4.78, 5) is 8.81. The van der Waals surface area contributed by atoms with Crippen LogP contribution in [0.3, 0.4) is 0 Å². The number of nitrogens with zero attached hydrogens (tertiary/aromatic N) is 2. The Bertz CT molecular complexity index is 1230. The van der Waals surface area contributed by atoms with Gasteiger partial charge in [0.25, 0.3) is 0 Å². The van der Waals surface area contributed by atoms with Gasteiger partial charge >= 0.3 is 0 Å². The molecule has 1 aliphatic heterocycles. The van der Waals surface area contributed by atoms with Crippen LogP contribution in [-0.4, -0.2) is 33.3 Å². The number of nitrogens with one attached hydrogen (secondary N) is 1. The van der Waals surface area contributed by atoms with Crippen molar-refractivity contribution in [1.82, 2.24) is 15.3 Å². The van der Waals surface area contributed by atoms with Crippen molar-refractivity contribution in [3.8, 4) is 11.8 Å². The van der Waals surface area contributed by atoms with Gasteiger partial charge in [0, 0.05) is 47.7 Å². The molecule has 0 bridgehead atoms. The zero-order valence-electron chi connectivity index (χ0n) is 20.6. The van der Waals surface area contributed by atoms with Crippen LogP contribution < -0.4 is 5.32 Å². The van der Waals surface area contributed by atoms with Crippen LogP contribution in [0.4, 0.5) is 0 Å². The van der Waals surface area contributed by atoms with Gasteiger partial charge < -0.3 is 15.5 Å². The molecule has 0 unspecified atom stereocenters. The Balaban J connectivity index is 1.74. The highest BCUT2D eigenvalue weighted by Gasteiger charge is 2.53. The third kappa shape index (κ3) is 4.37. The molecular weight excluding hydrogens is 422 g/mol. The molecule has 4 rings (SSSR count). The molecule has 1 fully saturated rings. The van der Waals surface area contributed by atoms with Gasteiger partial charge in [0.2, 0.25) is 0 Å². The van der Waals surface area contributed by atoms with Crippen molar-refractivity contribution in [3.05, 3.63) is 94.6 Å². The van der Waals surface area contributed by atoms with Crippen molar-refractivity contribution in [2.75, 3.05) is 13.1 Å². The quantitative estimate of drug-likeness (QED) is 0.507. The Morgan fingerprint density at radius 3 is 2.32 bits per heavy atom. The lowest BCUT2D eigenvalue weighted by atomic mass is 9.63. The Morgan fingerprint density at radius 2 is 1.74 bits per heavy atom. The number of pyridine rings is 2. The number of benzene rings is 1. The summed E-state index contributed by atoms with van der Waals surface area (Å²) in [7, 11) is 0. The molecule has 3 aromatic rings. The van der Waals surface area contributed by atoms with Gasteiger partial charge in [0.15, 0.2) is 5.60 Å². The highest BCUT2D eigenvalue weighted by atomic mass is 16.3. The first-order chi connectivity index (χ1) is 16.0. The molecular formula is C29H33N3O2. The monoisotopic (exact) mass is 455 g/mol. The number of hydrogen-bond acceptors (Lipinski definition) is 5. The summed E-state index contributed by atoms with van der Waals surface area (Å²) in [5, 5.41) is 26.5. The van der Waals surface area contributed by atoms with E-state index in [4.69, 9.17) is 0 Å². The standard InChI is InChI=1S/C29H33N3O2/c1-20(2)23-9-11-24(12-10-23)29(34,27(4)18-31-19-27)25-15-22(16-30-17-25)13-14-28(5,33)26-8-6-7-21(3)32-26/h6-12,15-17,20,31,33-34H,18-19H2,1-5H3/t28-,29+/m1/s1. The molecule has 1 aromatic carbocycles. The second kappa shape index (κ2) is 8.96. The largest absolute Gasteiger partial charge is 0.380 e. The second-order valence-electron chi connectivity index (χ2n) is 10.1. The van der Waals surface area contributed by atoms with Crippen LogP contribution in [0, 0.1) is 24.2 Å². The number of rotatable bonds is 5. The Labute approximate surface area is 202 Å². The predicted octanol–water partition coefficient (Wildman–Crippen LogP) is 4.01. The maximum atomic E-state index is 12.2. The van der Waals surface area contributed by atoms with E-state index >= 15 is 0 Å². The topological polar surface area (TPSA) is 78.3 Å². The van der Waals surface area contributed by atoms with Gasteiger partial charge in [-0.3, -0.25) is 9.97 Å². The van der Waals surface area contributed by atoms with Gasteiger partial charge in [-0.25, -0.2) is 0 Å². The minimum atomic E-state index is -1.41. The smallest absolute Gasteiger partial charge is 0.165 e. The predicted molar refractivity (Wildman–Crippen MR) is 134 cm³/mol. The first-order valence-corrected chi connectivity index (χ1v) is 11.7. The van der Waals surface area contributed by atoms with Crippen LogP contribution in [-0.2, 0) is 11.2 Å². The summed E-state index contributed by atoms with van der Waals surface area (Å²) in [6.07, 6.45) is 3.37. The van der Waals surface area contributed by atoms with Crippen LogP contribution in [0.15, 0.2) is 60.9 Å².